The molecule has 0 saturated carbocycles. The van der Waals surface area contributed by atoms with Gasteiger partial charge in [-0.3, -0.25) is 4.90 Å². The first kappa shape index (κ1) is 14.4. The van der Waals surface area contributed by atoms with Crippen LogP contribution in [0, 0.1) is 0 Å². The Labute approximate surface area is 133 Å². The Morgan fingerprint density at radius 2 is 2.10 bits per heavy atom. The zero-order chi connectivity index (χ0) is 14.1. The van der Waals surface area contributed by atoms with Crippen molar-refractivity contribution >= 4 is 34.5 Å². The molecule has 3 rings (SSSR count). The van der Waals surface area contributed by atoms with Crippen molar-refractivity contribution in [2.24, 2.45) is 5.73 Å². The van der Waals surface area contributed by atoms with Gasteiger partial charge in [0.05, 0.1) is 10.0 Å². The third-order valence-corrected chi connectivity index (χ3v) is 5.59. The molecule has 0 aliphatic carbocycles. The molecule has 1 aromatic heterocycles. The number of benzene rings is 1. The summed E-state index contributed by atoms with van der Waals surface area (Å²) in [6, 6.07) is 8.22. The van der Waals surface area contributed by atoms with E-state index in [1.54, 1.807) is 0 Å². The molecule has 0 fully saturated rings. The van der Waals surface area contributed by atoms with E-state index in [4.69, 9.17) is 28.9 Å². The molecule has 5 heteroatoms. The molecule has 2 heterocycles. The summed E-state index contributed by atoms with van der Waals surface area (Å²) in [5.74, 6) is 0. The number of halogens is 2. The molecule has 0 saturated heterocycles. The molecule has 1 aromatic carbocycles. The molecule has 1 aliphatic heterocycles. The summed E-state index contributed by atoms with van der Waals surface area (Å²) >= 11 is 14.0. The van der Waals surface area contributed by atoms with Crippen molar-refractivity contribution in [1.82, 2.24) is 4.90 Å². The maximum Gasteiger partial charge on any atom is 0.0595 e. The Hall–Kier alpha value is -0.580. The van der Waals surface area contributed by atoms with Crippen LogP contribution >= 0.6 is 34.5 Å². The van der Waals surface area contributed by atoms with Gasteiger partial charge in [0.25, 0.3) is 0 Å². The average Bonchev–Trinajstić information content (AvgIpc) is 2.91. The van der Waals surface area contributed by atoms with E-state index in [1.807, 2.05) is 29.5 Å². The molecule has 0 unspecified atom stereocenters. The second-order valence-corrected chi connectivity index (χ2v) is 6.83. The largest absolute Gasteiger partial charge is 0.329 e. The molecule has 2 nitrogen and oxygen atoms in total. The maximum atomic E-state index is 6.13. The highest BCUT2D eigenvalue weighted by atomic mass is 35.5. The van der Waals surface area contributed by atoms with Gasteiger partial charge in [-0.05, 0) is 41.1 Å². The normalized spacial score (nSPS) is 16.9. The average molecular weight is 327 g/mol. The van der Waals surface area contributed by atoms with Gasteiger partial charge in [0.15, 0.2) is 0 Å². The van der Waals surface area contributed by atoms with E-state index in [0.717, 1.165) is 25.1 Å². The Kier molecular flexibility index (Phi) is 4.34. The molecule has 0 spiro atoms. The molecule has 1 atom stereocenters. The standard InChI is InChI=1S/C15H16Cl2N2S/c16-12-2-1-10(7-13(12)17)14(8-18)19-5-3-15-11(9-19)4-6-20-15/h1-2,4,6-7,14H,3,5,8-9,18H2/t14-/m1/s1. The minimum atomic E-state index is 0.192. The molecule has 2 N–H and O–H groups in total. The molecule has 20 heavy (non-hydrogen) atoms. The van der Waals surface area contributed by atoms with Gasteiger partial charge < -0.3 is 5.73 Å². The maximum absolute atomic E-state index is 6.13. The van der Waals surface area contributed by atoms with Crippen LogP contribution in [0.15, 0.2) is 29.6 Å². The second-order valence-electron chi connectivity index (χ2n) is 5.01. The number of rotatable bonds is 3. The molecule has 0 bridgehead atoms. The van der Waals surface area contributed by atoms with Crippen molar-refractivity contribution < 1.29 is 0 Å². The summed E-state index contributed by atoms with van der Waals surface area (Å²) in [5, 5.41) is 3.35. The Bertz CT molecular complexity index is 612. The topological polar surface area (TPSA) is 29.3 Å². The quantitative estimate of drug-likeness (QED) is 0.919. The van der Waals surface area contributed by atoms with Crippen LogP contribution in [0.3, 0.4) is 0 Å². The van der Waals surface area contributed by atoms with Gasteiger partial charge in [0, 0.05) is 30.6 Å². The number of nitrogens with zero attached hydrogens (tertiary/aromatic N) is 1. The van der Waals surface area contributed by atoms with Crippen LogP contribution in [0.4, 0.5) is 0 Å². The van der Waals surface area contributed by atoms with Crippen LogP contribution in [-0.2, 0) is 13.0 Å². The highest BCUT2D eigenvalue weighted by Crippen LogP contribution is 2.32. The predicted octanol–water partition coefficient (Wildman–Crippen LogP) is 4.11. The number of nitrogens with two attached hydrogens (primary N) is 1. The molecule has 0 radical (unpaired) electrons. The minimum Gasteiger partial charge on any atom is -0.329 e. The number of hydrogen-bond acceptors (Lipinski definition) is 3. The molecule has 2 aromatic rings. The number of fused-ring (bicyclic) bond motifs is 1. The van der Waals surface area contributed by atoms with Crippen molar-refractivity contribution in [3.05, 3.63) is 55.7 Å². The van der Waals surface area contributed by atoms with Gasteiger partial charge >= 0.3 is 0 Å². The zero-order valence-electron chi connectivity index (χ0n) is 11.0. The lowest BCUT2D eigenvalue weighted by atomic mass is 10.0. The Morgan fingerprint density at radius 3 is 2.85 bits per heavy atom. The Morgan fingerprint density at radius 1 is 1.25 bits per heavy atom. The smallest absolute Gasteiger partial charge is 0.0595 e. The van der Waals surface area contributed by atoms with Crippen molar-refractivity contribution in [3.8, 4) is 0 Å². The van der Waals surface area contributed by atoms with Crippen molar-refractivity contribution in [3.63, 3.8) is 0 Å². The van der Waals surface area contributed by atoms with Crippen LogP contribution in [0.1, 0.15) is 22.0 Å². The molecule has 0 amide bonds. The molecular formula is C15H16Cl2N2S. The second kappa shape index (κ2) is 6.04. The van der Waals surface area contributed by atoms with Crippen molar-refractivity contribution in [1.29, 1.82) is 0 Å². The van der Waals surface area contributed by atoms with E-state index in [-0.39, 0.29) is 6.04 Å². The third kappa shape index (κ3) is 2.74. The van der Waals surface area contributed by atoms with Crippen molar-refractivity contribution in [2.45, 2.75) is 19.0 Å². The van der Waals surface area contributed by atoms with E-state index in [2.05, 4.69) is 16.3 Å². The third-order valence-electron chi connectivity index (χ3n) is 3.83. The molecule has 106 valence electrons. The first-order chi connectivity index (χ1) is 9.69. The Balaban J connectivity index is 1.85. The number of thiophene rings is 1. The monoisotopic (exact) mass is 326 g/mol. The van der Waals surface area contributed by atoms with Gasteiger partial charge in [-0.1, -0.05) is 29.3 Å². The predicted molar refractivity (Wildman–Crippen MR) is 86.7 cm³/mol. The SMILES string of the molecule is NC[C@H](c1ccc(Cl)c(Cl)c1)N1CCc2sccc2C1. The van der Waals surface area contributed by atoms with Crippen molar-refractivity contribution in [2.75, 3.05) is 13.1 Å². The van der Waals surface area contributed by atoms with Crippen LogP contribution in [-0.4, -0.2) is 18.0 Å². The highest BCUT2D eigenvalue weighted by molar-refractivity contribution is 7.10. The summed E-state index contributed by atoms with van der Waals surface area (Å²) < 4.78 is 0. The van der Waals surface area contributed by atoms with Gasteiger partial charge in [0.1, 0.15) is 0 Å². The molecular weight excluding hydrogens is 311 g/mol. The van der Waals surface area contributed by atoms with E-state index < -0.39 is 0 Å². The summed E-state index contributed by atoms with van der Waals surface area (Å²) in [5.41, 5.74) is 8.57. The number of hydrogen-bond donors (Lipinski definition) is 1. The first-order valence-electron chi connectivity index (χ1n) is 6.63. The van der Waals surface area contributed by atoms with Gasteiger partial charge in [-0.15, -0.1) is 11.3 Å². The summed E-state index contributed by atoms with van der Waals surface area (Å²) in [7, 11) is 0. The van der Waals surface area contributed by atoms with Gasteiger partial charge in [-0.2, -0.15) is 0 Å². The fourth-order valence-electron chi connectivity index (χ4n) is 2.75. The lowest BCUT2D eigenvalue weighted by Gasteiger charge is -2.34. The summed E-state index contributed by atoms with van der Waals surface area (Å²) in [4.78, 5) is 3.93. The van der Waals surface area contributed by atoms with E-state index >= 15 is 0 Å². The van der Waals surface area contributed by atoms with Crippen LogP contribution < -0.4 is 5.73 Å². The molecule has 1 aliphatic rings. The fourth-order valence-corrected chi connectivity index (χ4v) is 3.95. The first-order valence-corrected chi connectivity index (χ1v) is 8.27. The lowest BCUT2D eigenvalue weighted by Crippen LogP contribution is -2.37. The zero-order valence-corrected chi connectivity index (χ0v) is 13.3. The van der Waals surface area contributed by atoms with E-state index in [0.29, 0.717) is 16.6 Å². The van der Waals surface area contributed by atoms with Crippen LogP contribution in [0.2, 0.25) is 10.0 Å². The summed E-state index contributed by atoms with van der Waals surface area (Å²) in [6.45, 7) is 2.58. The summed E-state index contributed by atoms with van der Waals surface area (Å²) in [6.07, 6.45) is 1.10. The van der Waals surface area contributed by atoms with E-state index in [1.165, 1.54) is 10.4 Å². The minimum absolute atomic E-state index is 0.192. The highest BCUT2D eigenvalue weighted by Gasteiger charge is 2.24. The lowest BCUT2D eigenvalue weighted by molar-refractivity contribution is 0.185. The van der Waals surface area contributed by atoms with Crippen LogP contribution in [0.5, 0.6) is 0 Å². The van der Waals surface area contributed by atoms with Gasteiger partial charge in [0.2, 0.25) is 0 Å². The van der Waals surface area contributed by atoms with Gasteiger partial charge in [-0.25, -0.2) is 0 Å². The van der Waals surface area contributed by atoms with Crippen LogP contribution in [0.25, 0.3) is 0 Å². The van der Waals surface area contributed by atoms with E-state index in [9.17, 15) is 0 Å². The fraction of sp³-hybridized carbons (Fsp3) is 0.333.